The molecule has 0 radical (unpaired) electrons. The number of anilines is 1. The molecule has 0 saturated carbocycles. The molecular weight excluding hydrogens is 214 g/mol. The SMILES string of the molecule is CCC1CCCN1C(=O)c1cc(C)nc(N)c1. The molecule has 2 heterocycles. The van der Waals surface area contributed by atoms with Crippen molar-refractivity contribution >= 4 is 11.7 Å². The molecule has 1 aromatic heterocycles. The first kappa shape index (κ1) is 11.9. The summed E-state index contributed by atoms with van der Waals surface area (Å²) < 4.78 is 0. The van der Waals surface area contributed by atoms with E-state index in [1.807, 2.05) is 17.9 Å². The topological polar surface area (TPSA) is 59.2 Å². The lowest BCUT2D eigenvalue weighted by Crippen LogP contribution is -2.35. The first-order chi connectivity index (χ1) is 8.11. The van der Waals surface area contributed by atoms with Gasteiger partial charge in [0.25, 0.3) is 5.91 Å². The number of likely N-dealkylation sites (tertiary alicyclic amines) is 1. The molecule has 0 spiro atoms. The van der Waals surface area contributed by atoms with Crippen LogP contribution in [0.25, 0.3) is 0 Å². The summed E-state index contributed by atoms with van der Waals surface area (Å²) in [4.78, 5) is 18.4. The predicted molar refractivity (Wildman–Crippen MR) is 67.7 cm³/mol. The van der Waals surface area contributed by atoms with Gasteiger partial charge in [-0.3, -0.25) is 4.79 Å². The molecular formula is C13H19N3O. The van der Waals surface area contributed by atoms with Crippen molar-refractivity contribution in [3.05, 3.63) is 23.4 Å². The molecule has 4 nitrogen and oxygen atoms in total. The number of pyridine rings is 1. The van der Waals surface area contributed by atoms with Crippen LogP contribution < -0.4 is 5.73 Å². The highest BCUT2D eigenvalue weighted by molar-refractivity contribution is 5.95. The van der Waals surface area contributed by atoms with Gasteiger partial charge < -0.3 is 10.6 Å². The predicted octanol–water partition coefficient (Wildman–Crippen LogP) is 1.99. The van der Waals surface area contributed by atoms with Gasteiger partial charge in [-0.2, -0.15) is 0 Å². The first-order valence-electron chi connectivity index (χ1n) is 6.17. The zero-order valence-corrected chi connectivity index (χ0v) is 10.4. The van der Waals surface area contributed by atoms with E-state index in [4.69, 9.17) is 5.73 Å². The van der Waals surface area contributed by atoms with Gasteiger partial charge in [0.2, 0.25) is 0 Å². The van der Waals surface area contributed by atoms with Crippen molar-refractivity contribution in [1.82, 2.24) is 9.88 Å². The van der Waals surface area contributed by atoms with Crippen LogP contribution in [0.4, 0.5) is 5.82 Å². The van der Waals surface area contributed by atoms with E-state index in [0.29, 0.717) is 17.4 Å². The molecule has 0 bridgehead atoms. The fourth-order valence-corrected chi connectivity index (χ4v) is 2.51. The average Bonchev–Trinajstić information content (AvgIpc) is 2.74. The van der Waals surface area contributed by atoms with Crippen LogP contribution in [0.2, 0.25) is 0 Å². The second kappa shape index (κ2) is 4.73. The maximum absolute atomic E-state index is 12.4. The fourth-order valence-electron chi connectivity index (χ4n) is 2.51. The number of hydrogen-bond donors (Lipinski definition) is 1. The van der Waals surface area contributed by atoms with Crippen LogP contribution in [0.3, 0.4) is 0 Å². The molecule has 17 heavy (non-hydrogen) atoms. The Morgan fingerprint density at radius 2 is 2.35 bits per heavy atom. The molecule has 2 rings (SSSR count). The summed E-state index contributed by atoms with van der Waals surface area (Å²) >= 11 is 0. The van der Waals surface area contributed by atoms with Gasteiger partial charge in [-0.05, 0) is 38.3 Å². The Hall–Kier alpha value is -1.58. The Morgan fingerprint density at radius 1 is 1.59 bits per heavy atom. The van der Waals surface area contributed by atoms with Crippen LogP contribution in [0.5, 0.6) is 0 Å². The van der Waals surface area contributed by atoms with Gasteiger partial charge in [0, 0.05) is 23.8 Å². The summed E-state index contributed by atoms with van der Waals surface area (Å²) in [6.07, 6.45) is 3.23. The number of aryl methyl sites for hydroxylation is 1. The third kappa shape index (κ3) is 2.40. The van der Waals surface area contributed by atoms with E-state index < -0.39 is 0 Å². The van der Waals surface area contributed by atoms with E-state index in [0.717, 1.165) is 31.5 Å². The maximum atomic E-state index is 12.4. The van der Waals surface area contributed by atoms with Crippen LogP contribution >= 0.6 is 0 Å². The van der Waals surface area contributed by atoms with Gasteiger partial charge in [0.05, 0.1) is 0 Å². The molecule has 1 aromatic rings. The summed E-state index contributed by atoms with van der Waals surface area (Å²) in [5.74, 6) is 0.507. The van der Waals surface area contributed by atoms with Gasteiger partial charge in [-0.15, -0.1) is 0 Å². The van der Waals surface area contributed by atoms with Crippen molar-refractivity contribution in [3.63, 3.8) is 0 Å². The maximum Gasteiger partial charge on any atom is 0.254 e. The number of aromatic nitrogens is 1. The molecule has 1 aliphatic heterocycles. The van der Waals surface area contributed by atoms with E-state index in [9.17, 15) is 4.79 Å². The summed E-state index contributed by atoms with van der Waals surface area (Å²) in [5.41, 5.74) is 7.14. The van der Waals surface area contributed by atoms with Gasteiger partial charge in [0.15, 0.2) is 0 Å². The lowest BCUT2D eigenvalue weighted by atomic mass is 10.1. The number of nitrogens with zero attached hydrogens (tertiary/aromatic N) is 2. The average molecular weight is 233 g/mol. The van der Waals surface area contributed by atoms with Crippen LogP contribution in [0.15, 0.2) is 12.1 Å². The summed E-state index contributed by atoms with van der Waals surface area (Å²) in [6, 6.07) is 3.86. The van der Waals surface area contributed by atoms with Crippen molar-refractivity contribution in [3.8, 4) is 0 Å². The Balaban J connectivity index is 2.24. The number of nitrogen functional groups attached to an aromatic ring is 1. The van der Waals surface area contributed by atoms with Crippen LogP contribution in [-0.2, 0) is 0 Å². The van der Waals surface area contributed by atoms with E-state index in [1.54, 1.807) is 6.07 Å². The Morgan fingerprint density at radius 3 is 3.00 bits per heavy atom. The minimum Gasteiger partial charge on any atom is -0.384 e. The summed E-state index contributed by atoms with van der Waals surface area (Å²) in [5, 5.41) is 0. The molecule has 1 unspecified atom stereocenters. The van der Waals surface area contributed by atoms with Crippen LogP contribution in [0.1, 0.15) is 42.2 Å². The highest BCUT2D eigenvalue weighted by Crippen LogP contribution is 2.22. The minimum absolute atomic E-state index is 0.0894. The zero-order valence-electron chi connectivity index (χ0n) is 10.4. The number of rotatable bonds is 2. The van der Waals surface area contributed by atoms with Crippen molar-refractivity contribution in [2.75, 3.05) is 12.3 Å². The number of hydrogen-bond acceptors (Lipinski definition) is 3. The third-order valence-electron chi connectivity index (χ3n) is 3.33. The van der Waals surface area contributed by atoms with E-state index in [1.165, 1.54) is 0 Å². The standard InChI is InChI=1S/C13H19N3O/c1-3-11-5-4-6-16(11)13(17)10-7-9(2)15-12(14)8-10/h7-8,11H,3-6H2,1-2H3,(H2,14,15). The summed E-state index contributed by atoms with van der Waals surface area (Å²) in [7, 11) is 0. The number of amides is 1. The highest BCUT2D eigenvalue weighted by atomic mass is 16.2. The van der Waals surface area contributed by atoms with Gasteiger partial charge in [-0.1, -0.05) is 6.92 Å². The van der Waals surface area contributed by atoms with E-state index in [2.05, 4.69) is 11.9 Å². The van der Waals surface area contributed by atoms with Gasteiger partial charge >= 0.3 is 0 Å². The largest absolute Gasteiger partial charge is 0.384 e. The van der Waals surface area contributed by atoms with Crippen LogP contribution in [-0.4, -0.2) is 28.4 Å². The Labute approximate surface area is 102 Å². The number of nitrogens with two attached hydrogens (primary N) is 1. The molecule has 1 aliphatic rings. The van der Waals surface area contributed by atoms with E-state index >= 15 is 0 Å². The lowest BCUT2D eigenvalue weighted by molar-refractivity contribution is 0.0733. The molecule has 1 amide bonds. The minimum atomic E-state index is 0.0894. The molecule has 1 saturated heterocycles. The second-order valence-corrected chi connectivity index (χ2v) is 4.62. The second-order valence-electron chi connectivity index (χ2n) is 4.62. The smallest absolute Gasteiger partial charge is 0.254 e. The van der Waals surface area contributed by atoms with Crippen molar-refractivity contribution < 1.29 is 4.79 Å². The van der Waals surface area contributed by atoms with E-state index in [-0.39, 0.29) is 5.91 Å². The van der Waals surface area contributed by atoms with Crippen molar-refractivity contribution in [2.45, 2.75) is 39.2 Å². The normalized spacial score (nSPS) is 19.6. The van der Waals surface area contributed by atoms with Crippen molar-refractivity contribution in [1.29, 1.82) is 0 Å². The monoisotopic (exact) mass is 233 g/mol. The van der Waals surface area contributed by atoms with Crippen LogP contribution in [0, 0.1) is 6.92 Å². The Kier molecular flexibility index (Phi) is 3.31. The molecule has 92 valence electrons. The van der Waals surface area contributed by atoms with Gasteiger partial charge in [0.1, 0.15) is 5.82 Å². The molecule has 4 heteroatoms. The quantitative estimate of drug-likeness (QED) is 0.849. The van der Waals surface area contributed by atoms with Crippen molar-refractivity contribution in [2.24, 2.45) is 0 Å². The Bertz CT molecular complexity index is 410. The number of carbonyl (C=O) groups excluding carboxylic acids is 1. The molecule has 0 aromatic carbocycles. The highest BCUT2D eigenvalue weighted by Gasteiger charge is 2.28. The number of carbonyl (C=O) groups is 1. The van der Waals surface area contributed by atoms with Gasteiger partial charge in [-0.25, -0.2) is 4.98 Å². The third-order valence-corrected chi connectivity index (χ3v) is 3.33. The summed E-state index contributed by atoms with van der Waals surface area (Å²) in [6.45, 7) is 4.84. The molecule has 2 N–H and O–H groups in total. The first-order valence-corrected chi connectivity index (χ1v) is 6.17. The zero-order chi connectivity index (χ0) is 12.4. The molecule has 0 aliphatic carbocycles. The fraction of sp³-hybridized carbons (Fsp3) is 0.538. The molecule has 1 atom stereocenters. The molecule has 1 fully saturated rings. The lowest BCUT2D eigenvalue weighted by Gasteiger charge is -2.23.